The van der Waals surface area contributed by atoms with Crippen LogP contribution in [-0.2, 0) is 4.79 Å². The van der Waals surface area contributed by atoms with E-state index in [0.29, 0.717) is 0 Å². The molecule has 21 heavy (non-hydrogen) atoms. The highest BCUT2D eigenvalue weighted by molar-refractivity contribution is 6.31. The van der Waals surface area contributed by atoms with E-state index in [1.807, 2.05) is 61.5 Å². The lowest BCUT2D eigenvalue weighted by Crippen LogP contribution is -2.28. The summed E-state index contributed by atoms with van der Waals surface area (Å²) in [6.07, 6.45) is 0.886. The number of halogens is 1. The third kappa shape index (κ3) is 3.11. The predicted octanol–water partition coefficient (Wildman–Crippen LogP) is 4.32. The number of hydrogen-bond acceptors (Lipinski definition) is 1. The van der Waals surface area contributed by atoms with Gasteiger partial charge in [0, 0.05) is 10.9 Å². The molecule has 3 rings (SSSR count). The Morgan fingerprint density at radius 2 is 1.81 bits per heavy atom. The molecule has 2 aromatic rings. The van der Waals surface area contributed by atoms with Crippen LogP contribution < -0.4 is 5.32 Å². The van der Waals surface area contributed by atoms with Gasteiger partial charge in [-0.1, -0.05) is 60.1 Å². The van der Waals surface area contributed by atoms with Crippen LogP contribution in [0.2, 0.25) is 5.02 Å². The van der Waals surface area contributed by atoms with Crippen molar-refractivity contribution in [2.75, 3.05) is 0 Å². The fourth-order valence-corrected chi connectivity index (χ4v) is 3.03. The van der Waals surface area contributed by atoms with Crippen molar-refractivity contribution in [1.82, 2.24) is 5.32 Å². The summed E-state index contributed by atoms with van der Waals surface area (Å²) in [6, 6.07) is 17.8. The Kier molecular flexibility index (Phi) is 3.98. The van der Waals surface area contributed by atoms with Gasteiger partial charge in [-0.05, 0) is 36.5 Å². The molecule has 2 aromatic carbocycles. The molecule has 1 N–H and O–H groups in total. The van der Waals surface area contributed by atoms with Crippen molar-refractivity contribution in [3.05, 3.63) is 70.7 Å². The third-order valence-electron chi connectivity index (χ3n) is 4.09. The van der Waals surface area contributed by atoms with Gasteiger partial charge in [-0.3, -0.25) is 4.79 Å². The summed E-state index contributed by atoms with van der Waals surface area (Å²) >= 11 is 6.20. The Labute approximate surface area is 130 Å². The Morgan fingerprint density at radius 1 is 1.14 bits per heavy atom. The van der Waals surface area contributed by atoms with E-state index in [1.165, 1.54) is 0 Å². The molecule has 0 spiro atoms. The average Bonchev–Trinajstić information content (AvgIpc) is 3.29. The second-order valence-corrected chi connectivity index (χ2v) is 6.02. The first-order chi connectivity index (χ1) is 10.2. The first kappa shape index (κ1) is 14.2. The van der Waals surface area contributed by atoms with Gasteiger partial charge in [0.1, 0.15) is 0 Å². The number of carbonyl (C=O) groups excluding carboxylic acids is 1. The van der Waals surface area contributed by atoms with E-state index in [1.54, 1.807) is 0 Å². The second-order valence-electron chi connectivity index (χ2n) is 5.61. The van der Waals surface area contributed by atoms with Crippen LogP contribution in [0, 0.1) is 5.92 Å². The molecular weight excluding hydrogens is 282 g/mol. The van der Waals surface area contributed by atoms with Gasteiger partial charge in [-0.25, -0.2) is 0 Å². The first-order valence-corrected chi connectivity index (χ1v) is 7.64. The number of hydrogen-bond donors (Lipinski definition) is 1. The van der Waals surface area contributed by atoms with E-state index in [4.69, 9.17) is 11.6 Å². The molecule has 1 aliphatic carbocycles. The molecule has 3 heteroatoms. The van der Waals surface area contributed by atoms with Crippen LogP contribution in [-0.4, -0.2) is 5.91 Å². The van der Waals surface area contributed by atoms with E-state index in [2.05, 4.69) is 5.32 Å². The summed E-state index contributed by atoms with van der Waals surface area (Å²) in [5.41, 5.74) is 2.22. The Balaban J connectivity index is 1.62. The highest BCUT2D eigenvalue weighted by Gasteiger charge is 2.44. The lowest BCUT2D eigenvalue weighted by molar-refractivity contribution is -0.123. The summed E-state index contributed by atoms with van der Waals surface area (Å²) in [7, 11) is 0. The smallest absolute Gasteiger partial charge is 0.224 e. The SMILES string of the molecule is CC(NC(=O)C1CC1c1ccccc1Cl)c1ccccc1. The van der Waals surface area contributed by atoms with Crippen molar-refractivity contribution in [3.63, 3.8) is 0 Å². The van der Waals surface area contributed by atoms with Gasteiger partial charge in [0.2, 0.25) is 5.91 Å². The molecule has 0 bridgehead atoms. The third-order valence-corrected chi connectivity index (χ3v) is 4.43. The van der Waals surface area contributed by atoms with Crippen LogP contribution in [0.5, 0.6) is 0 Å². The minimum Gasteiger partial charge on any atom is -0.349 e. The van der Waals surface area contributed by atoms with Gasteiger partial charge in [0.05, 0.1) is 6.04 Å². The van der Waals surface area contributed by atoms with E-state index in [0.717, 1.165) is 22.6 Å². The minimum atomic E-state index is 0.0335. The molecule has 1 amide bonds. The molecule has 108 valence electrons. The highest BCUT2D eigenvalue weighted by atomic mass is 35.5. The van der Waals surface area contributed by atoms with Crippen molar-refractivity contribution in [3.8, 4) is 0 Å². The second kappa shape index (κ2) is 5.90. The highest BCUT2D eigenvalue weighted by Crippen LogP contribution is 2.49. The van der Waals surface area contributed by atoms with Crippen molar-refractivity contribution < 1.29 is 4.79 Å². The Bertz CT molecular complexity index is 641. The molecule has 1 aliphatic rings. The van der Waals surface area contributed by atoms with Crippen LogP contribution in [0.1, 0.15) is 36.4 Å². The molecule has 2 nitrogen and oxygen atoms in total. The van der Waals surface area contributed by atoms with E-state index in [-0.39, 0.29) is 23.8 Å². The first-order valence-electron chi connectivity index (χ1n) is 7.26. The van der Waals surface area contributed by atoms with E-state index >= 15 is 0 Å². The zero-order valence-corrected chi connectivity index (χ0v) is 12.7. The molecule has 0 aliphatic heterocycles. The summed E-state index contributed by atoms with van der Waals surface area (Å²) in [6.45, 7) is 2.01. The normalized spacial score (nSPS) is 21.6. The zero-order chi connectivity index (χ0) is 14.8. The van der Waals surface area contributed by atoms with Gasteiger partial charge in [0.15, 0.2) is 0 Å². The standard InChI is InChI=1S/C18H18ClNO/c1-12(13-7-3-2-4-8-13)20-18(21)16-11-15(16)14-9-5-6-10-17(14)19/h2-10,12,15-16H,11H2,1H3,(H,20,21). The van der Waals surface area contributed by atoms with E-state index < -0.39 is 0 Å². The quantitative estimate of drug-likeness (QED) is 0.895. The Morgan fingerprint density at radius 3 is 2.52 bits per heavy atom. The maximum atomic E-state index is 12.3. The predicted molar refractivity (Wildman–Crippen MR) is 85.3 cm³/mol. The fraction of sp³-hybridized carbons (Fsp3) is 0.278. The lowest BCUT2D eigenvalue weighted by atomic mass is 10.1. The summed E-state index contributed by atoms with van der Waals surface area (Å²) in [5, 5.41) is 3.85. The maximum absolute atomic E-state index is 12.3. The number of rotatable bonds is 4. The molecule has 0 saturated heterocycles. The van der Waals surface area contributed by atoms with Gasteiger partial charge in [0.25, 0.3) is 0 Å². The molecule has 1 saturated carbocycles. The van der Waals surface area contributed by atoms with Gasteiger partial charge in [-0.15, -0.1) is 0 Å². The fourth-order valence-electron chi connectivity index (χ4n) is 2.75. The number of benzene rings is 2. The van der Waals surface area contributed by atoms with Crippen molar-refractivity contribution in [2.45, 2.75) is 25.3 Å². The maximum Gasteiger partial charge on any atom is 0.224 e. The molecule has 0 aromatic heterocycles. The molecular formula is C18H18ClNO. The number of carbonyl (C=O) groups is 1. The van der Waals surface area contributed by atoms with Crippen LogP contribution in [0.4, 0.5) is 0 Å². The lowest BCUT2D eigenvalue weighted by Gasteiger charge is -2.14. The van der Waals surface area contributed by atoms with Crippen molar-refractivity contribution in [1.29, 1.82) is 0 Å². The summed E-state index contributed by atoms with van der Waals surface area (Å²) in [5.74, 6) is 0.439. The molecule has 1 fully saturated rings. The zero-order valence-electron chi connectivity index (χ0n) is 11.9. The minimum absolute atomic E-state index is 0.0335. The topological polar surface area (TPSA) is 29.1 Å². The van der Waals surface area contributed by atoms with Crippen molar-refractivity contribution in [2.24, 2.45) is 5.92 Å². The van der Waals surface area contributed by atoms with Crippen LogP contribution in [0.15, 0.2) is 54.6 Å². The van der Waals surface area contributed by atoms with E-state index in [9.17, 15) is 4.79 Å². The molecule has 3 unspecified atom stereocenters. The van der Waals surface area contributed by atoms with Gasteiger partial charge in [-0.2, -0.15) is 0 Å². The Hall–Kier alpha value is -1.80. The monoisotopic (exact) mass is 299 g/mol. The van der Waals surface area contributed by atoms with Crippen LogP contribution in [0.25, 0.3) is 0 Å². The molecule has 0 heterocycles. The van der Waals surface area contributed by atoms with Gasteiger partial charge < -0.3 is 5.32 Å². The molecule has 3 atom stereocenters. The average molecular weight is 300 g/mol. The van der Waals surface area contributed by atoms with Crippen molar-refractivity contribution >= 4 is 17.5 Å². The summed E-state index contributed by atoms with van der Waals surface area (Å²) < 4.78 is 0. The number of nitrogens with one attached hydrogen (secondary N) is 1. The summed E-state index contributed by atoms with van der Waals surface area (Å²) in [4.78, 5) is 12.3. The van der Waals surface area contributed by atoms with Gasteiger partial charge >= 0.3 is 0 Å². The molecule has 0 radical (unpaired) electrons. The van der Waals surface area contributed by atoms with Crippen LogP contribution in [0.3, 0.4) is 0 Å². The largest absolute Gasteiger partial charge is 0.349 e. The number of amides is 1. The van der Waals surface area contributed by atoms with Crippen LogP contribution >= 0.6 is 11.6 Å².